The van der Waals surface area contributed by atoms with Gasteiger partial charge in [0.1, 0.15) is 0 Å². The SMILES string of the molecule is CC(C)OC(=O)c1ccc(N2CSc3ccccc32)cc1. The van der Waals surface area contributed by atoms with E-state index in [9.17, 15) is 4.79 Å². The van der Waals surface area contributed by atoms with Gasteiger partial charge in [-0.05, 0) is 50.2 Å². The zero-order chi connectivity index (χ0) is 14.8. The van der Waals surface area contributed by atoms with Gasteiger partial charge in [-0.25, -0.2) is 4.79 Å². The van der Waals surface area contributed by atoms with E-state index in [-0.39, 0.29) is 12.1 Å². The first-order valence-corrected chi connectivity index (χ1v) is 7.94. The molecule has 0 amide bonds. The molecule has 0 spiro atoms. The molecular weight excluding hydrogens is 282 g/mol. The van der Waals surface area contributed by atoms with Crippen molar-refractivity contribution in [2.75, 3.05) is 10.8 Å². The summed E-state index contributed by atoms with van der Waals surface area (Å²) in [5.41, 5.74) is 2.90. The van der Waals surface area contributed by atoms with Crippen LogP contribution in [0.4, 0.5) is 11.4 Å². The van der Waals surface area contributed by atoms with E-state index in [1.165, 1.54) is 10.6 Å². The summed E-state index contributed by atoms with van der Waals surface area (Å²) in [6.07, 6.45) is -0.0981. The quantitative estimate of drug-likeness (QED) is 0.783. The number of carbonyl (C=O) groups is 1. The van der Waals surface area contributed by atoms with E-state index < -0.39 is 0 Å². The van der Waals surface area contributed by atoms with Crippen molar-refractivity contribution in [2.24, 2.45) is 0 Å². The van der Waals surface area contributed by atoms with Gasteiger partial charge in [0.2, 0.25) is 0 Å². The highest BCUT2D eigenvalue weighted by atomic mass is 32.2. The molecule has 0 atom stereocenters. The molecule has 1 aliphatic heterocycles. The molecule has 21 heavy (non-hydrogen) atoms. The normalized spacial score (nSPS) is 13.4. The Labute approximate surface area is 128 Å². The lowest BCUT2D eigenvalue weighted by molar-refractivity contribution is 0.0378. The molecule has 2 aromatic carbocycles. The van der Waals surface area contributed by atoms with Crippen LogP contribution in [0.3, 0.4) is 0 Å². The molecular formula is C17H17NO2S. The van der Waals surface area contributed by atoms with Crippen molar-refractivity contribution < 1.29 is 9.53 Å². The molecule has 0 radical (unpaired) electrons. The van der Waals surface area contributed by atoms with Gasteiger partial charge in [-0.2, -0.15) is 0 Å². The molecule has 0 bridgehead atoms. The fourth-order valence-corrected chi connectivity index (χ4v) is 3.34. The number of nitrogens with zero attached hydrogens (tertiary/aromatic N) is 1. The van der Waals surface area contributed by atoms with Gasteiger partial charge in [-0.3, -0.25) is 0 Å². The summed E-state index contributed by atoms with van der Waals surface area (Å²) in [6.45, 7) is 3.70. The van der Waals surface area contributed by atoms with E-state index in [0.29, 0.717) is 5.56 Å². The second-order valence-corrected chi connectivity index (χ2v) is 6.16. The Balaban J connectivity index is 1.81. The number of rotatable bonds is 3. The lowest BCUT2D eigenvalue weighted by Gasteiger charge is -2.18. The first kappa shape index (κ1) is 14.0. The molecule has 1 aliphatic rings. The highest BCUT2D eigenvalue weighted by Crippen LogP contribution is 2.42. The summed E-state index contributed by atoms with van der Waals surface area (Å²) < 4.78 is 5.20. The van der Waals surface area contributed by atoms with Gasteiger partial charge in [-0.1, -0.05) is 12.1 Å². The predicted molar refractivity (Wildman–Crippen MR) is 86.3 cm³/mol. The van der Waals surface area contributed by atoms with Crippen LogP contribution in [0.15, 0.2) is 53.4 Å². The average Bonchev–Trinajstić information content (AvgIpc) is 2.90. The van der Waals surface area contributed by atoms with Crippen molar-refractivity contribution in [3.05, 3.63) is 54.1 Å². The zero-order valence-corrected chi connectivity index (χ0v) is 12.9. The van der Waals surface area contributed by atoms with E-state index in [2.05, 4.69) is 23.1 Å². The maximum Gasteiger partial charge on any atom is 0.338 e. The topological polar surface area (TPSA) is 29.5 Å². The fraction of sp³-hybridized carbons (Fsp3) is 0.235. The largest absolute Gasteiger partial charge is 0.459 e. The van der Waals surface area contributed by atoms with Crippen LogP contribution in [-0.2, 0) is 4.74 Å². The maximum atomic E-state index is 11.8. The lowest BCUT2D eigenvalue weighted by atomic mass is 10.2. The number of carbonyl (C=O) groups excluding carboxylic acids is 1. The summed E-state index contributed by atoms with van der Waals surface area (Å²) in [5, 5.41) is 0. The summed E-state index contributed by atoms with van der Waals surface area (Å²) in [7, 11) is 0. The maximum absolute atomic E-state index is 11.8. The van der Waals surface area contributed by atoms with Crippen molar-refractivity contribution in [2.45, 2.75) is 24.8 Å². The van der Waals surface area contributed by atoms with E-state index in [1.807, 2.05) is 55.9 Å². The standard InChI is InChI=1S/C17H17NO2S/c1-12(2)20-17(19)13-7-9-14(10-8-13)18-11-21-16-6-4-3-5-15(16)18/h3-10,12H,11H2,1-2H3. The Morgan fingerprint density at radius 3 is 2.57 bits per heavy atom. The number of hydrogen-bond donors (Lipinski definition) is 0. The molecule has 0 aromatic heterocycles. The Morgan fingerprint density at radius 2 is 1.86 bits per heavy atom. The number of esters is 1. The van der Waals surface area contributed by atoms with Gasteiger partial charge in [0.25, 0.3) is 0 Å². The van der Waals surface area contributed by atoms with Gasteiger partial charge in [0.05, 0.1) is 23.2 Å². The molecule has 4 heteroatoms. The summed E-state index contributed by atoms with van der Waals surface area (Å²) in [6, 6.07) is 16.0. The minimum absolute atomic E-state index is 0.0981. The summed E-state index contributed by atoms with van der Waals surface area (Å²) in [5.74, 6) is 0.627. The van der Waals surface area contributed by atoms with Gasteiger partial charge in [-0.15, -0.1) is 11.8 Å². The van der Waals surface area contributed by atoms with Crippen LogP contribution in [0.2, 0.25) is 0 Å². The molecule has 0 fully saturated rings. The van der Waals surface area contributed by atoms with E-state index in [0.717, 1.165) is 11.6 Å². The van der Waals surface area contributed by atoms with Gasteiger partial charge < -0.3 is 9.64 Å². The Kier molecular flexibility index (Phi) is 3.88. The van der Waals surface area contributed by atoms with Crippen molar-refractivity contribution in [3.8, 4) is 0 Å². The van der Waals surface area contributed by atoms with Crippen molar-refractivity contribution >= 4 is 29.1 Å². The van der Waals surface area contributed by atoms with E-state index in [1.54, 1.807) is 0 Å². The predicted octanol–water partition coefficient (Wildman–Crippen LogP) is 4.45. The monoisotopic (exact) mass is 299 g/mol. The average molecular weight is 299 g/mol. The molecule has 0 unspecified atom stereocenters. The number of hydrogen-bond acceptors (Lipinski definition) is 4. The molecule has 0 saturated heterocycles. The lowest BCUT2D eigenvalue weighted by Crippen LogP contribution is -2.13. The molecule has 3 nitrogen and oxygen atoms in total. The van der Waals surface area contributed by atoms with Gasteiger partial charge in [0.15, 0.2) is 0 Å². The van der Waals surface area contributed by atoms with Crippen LogP contribution in [0, 0.1) is 0 Å². The van der Waals surface area contributed by atoms with Gasteiger partial charge >= 0.3 is 5.97 Å². The second-order valence-electron chi connectivity index (χ2n) is 5.17. The molecule has 108 valence electrons. The van der Waals surface area contributed by atoms with Crippen LogP contribution in [0.25, 0.3) is 0 Å². The van der Waals surface area contributed by atoms with Crippen LogP contribution in [-0.4, -0.2) is 18.0 Å². The number of fused-ring (bicyclic) bond motifs is 1. The molecule has 0 saturated carbocycles. The molecule has 1 heterocycles. The number of para-hydroxylation sites is 1. The van der Waals surface area contributed by atoms with Crippen molar-refractivity contribution in [3.63, 3.8) is 0 Å². The number of ether oxygens (including phenoxy) is 1. The smallest absolute Gasteiger partial charge is 0.338 e. The first-order valence-electron chi connectivity index (χ1n) is 6.95. The Hall–Kier alpha value is -1.94. The second kappa shape index (κ2) is 5.82. The molecule has 2 aromatic rings. The highest BCUT2D eigenvalue weighted by Gasteiger charge is 2.20. The van der Waals surface area contributed by atoms with Crippen molar-refractivity contribution in [1.29, 1.82) is 0 Å². The minimum atomic E-state index is -0.271. The van der Waals surface area contributed by atoms with Crippen LogP contribution in [0.5, 0.6) is 0 Å². The molecule has 0 N–H and O–H groups in total. The van der Waals surface area contributed by atoms with E-state index in [4.69, 9.17) is 4.74 Å². The first-order chi connectivity index (χ1) is 10.1. The Morgan fingerprint density at radius 1 is 1.14 bits per heavy atom. The molecule has 0 aliphatic carbocycles. The zero-order valence-electron chi connectivity index (χ0n) is 12.1. The van der Waals surface area contributed by atoms with Crippen LogP contribution >= 0.6 is 11.8 Å². The molecule has 3 rings (SSSR count). The Bertz CT molecular complexity index is 652. The minimum Gasteiger partial charge on any atom is -0.459 e. The van der Waals surface area contributed by atoms with Crippen molar-refractivity contribution in [1.82, 2.24) is 0 Å². The van der Waals surface area contributed by atoms with Crippen LogP contribution in [0.1, 0.15) is 24.2 Å². The van der Waals surface area contributed by atoms with Crippen LogP contribution < -0.4 is 4.90 Å². The number of anilines is 2. The third-order valence-electron chi connectivity index (χ3n) is 3.26. The highest BCUT2D eigenvalue weighted by molar-refractivity contribution is 7.99. The summed E-state index contributed by atoms with van der Waals surface area (Å²) >= 11 is 1.82. The fourth-order valence-electron chi connectivity index (χ4n) is 2.28. The third kappa shape index (κ3) is 2.90. The van der Waals surface area contributed by atoms with Gasteiger partial charge in [0, 0.05) is 10.6 Å². The third-order valence-corrected chi connectivity index (χ3v) is 4.31. The van der Waals surface area contributed by atoms with E-state index >= 15 is 0 Å². The number of thioether (sulfide) groups is 1. The summed E-state index contributed by atoms with van der Waals surface area (Å²) in [4.78, 5) is 15.4. The number of benzene rings is 2.